The smallest absolute Gasteiger partial charge is 0.416 e. The molecule has 0 unspecified atom stereocenters. The number of amides is 2. The topological polar surface area (TPSA) is 76.7 Å². The number of ether oxygens (including phenoxy) is 2. The molecule has 0 atom stereocenters. The van der Waals surface area contributed by atoms with Gasteiger partial charge in [0.1, 0.15) is 11.5 Å². The van der Waals surface area contributed by atoms with Gasteiger partial charge in [0.2, 0.25) is 5.91 Å². The van der Waals surface area contributed by atoms with Gasteiger partial charge in [-0.25, -0.2) is 0 Å². The Morgan fingerprint density at radius 2 is 1.66 bits per heavy atom. The van der Waals surface area contributed by atoms with Gasteiger partial charge >= 0.3 is 6.18 Å². The Morgan fingerprint density at radius 1 is 0.966 bits per heavy atom. The van der Waals surface area contributed by atoms with Crippen LogP contribution in [-0.2, 0) is 15.8 Å². The summed E-state index contributed by atoms with van der Waals surface area (Å²) in [5.74, 6) is -0.605. The van der Waals surface area contributed by atoms with Gasteiger partial charge in [0, 0.05) is 6.92 Å². The Bertz CT molecular complexity index is 869. The highest BCUT2D eigenvalue weighted by Crippen LogP contribution is 2.35. The van der Waals surface area contributed by atoms with E-state index in [1.807, 2.05) is 6.92 Å². The van der Waals surface area contributed by atoms with Crippen LogP contribution in [0.25, 0.3) is 0 Å². The third-order valence-corrected chi connectivity index (χ3v) is 3.60. The van der Waals surface area contributed by atoms with Crippen LogP contribution in [0.4, 0.5) is 24.5 Å². The third kappa shape index (κ3) is 6.70. The van der Waals surface area contributed by atoms with Gasteiger partial charge in [0.15, 0.2) is 6.61 Å². The molecule has 0 bridgehead atoms. The summed E-state index contributed by atoms with van der Waals surface area (Å²) in [4.78, 5) is 23.5. The van der Waals surface area contributed by atoms with Crippen molar-refractivity contribution in [1.29, 1.82) is 0 Å². The predicted octanol–water partition coefficient (Wildman–Crippen LogP) is 4.47. The molecule has 2 aromatic rings. The molecule has 0 fully saturated rings. The molecule has 0 aliphatic carbocycles. The SMILES string of the molecule is CCCOc1ccc(C(F)(F)F)cc1NC(=O)COc1ccccc1NC(C)=O. The molecule has 0 saturated carbocycles. The second-order valence-corrected chi connectivity index (χ2v) is 6.07. The number of alkyl halides is 3. The van der Waals surface area contributed by atoms with Gasteiger partial charge in [0.05, 0.1) is 23.5 Å². The van der Waals surface area contributed by atoms with E-state index in [4.69, 9.17) is 9.47 Å². The summed E-state index contributed by atoms with van der Waals surface area (Å²) in [7, 11) is 0. The lowest BCUT2D eigenvalue weighted by atomic mass is 10.1. The standard InChI is InChI=1S/C20H21F3N2O4/c1-3-10-28-18-9-8-14(20(21,22)23)11-16(18)25-19(27)12-29-17-7-5-4-6-15(17)24-13(2)26/h4-9,11H,3,10,12H2,1-2H3,(H,24,26)(H,25,27). The molecule has 2 rings (SSSR count). The summed E-state index contributed by atoms with van der Waals surface area (Å²) in [6, 6.07) is 9.35. The summed E-state index contributed by atoms with van der Waals surface area (Å²) in [6.07, 6.45) is -3.91. The van der Waals surface area contributed by atoms with Crippen LogP contribution < -0.4 is 20.1 Å². The van der Waals surface area contributed by atoms with Gasteiger partial charge in [-0.3, -0.25) is 9.59 Å². The van der Waals surface area contributed by atoms with Crippen LogP contribution in [0, 0.1) is 0 Å². The monoisotopic (exact) mass is 410 g/mol. The van der Waals surface area contributed by atoms with E-state index in [1.54, 1.807) is 24.3 Å². The van der Waals surface area contributed by atoms with Crippen LogP contribution in [0.2, 0.25) is 0 Å². The van der Waals surface area contributed by atoms with Crippen molar-refractivity contribution >= 4 is 23.2 Å². The molecule has 0 spiro atoms. The maximum Gasteiger partial charge on any atom is 0.416 e. The highest BCUT2D eigenvalue weighted by atomic mass is 19.4. The number of anilines is 2. The zero-order valence-corrected chi connectivity index (χ0v) is 15.9. The van der Waals surface area contributed by atoms with Gasteiger partial charge in [-0.1, -0.05) is 19.1 Å². The number of hydrogen-bond donors (Lipinski definition) is 2. The van der Waals surface area contributed by atoms with Crippen molar-refractivity contribution in [2.24, 2.45) is 0 Å². The van der Waals surface area contributed by atoms with Crippen LogP contribution in [0.1, 0.15) is 25.8 Å². The summed E-state index contributed by atoms with van der Waals surface area (Å²) in [6.45, 7) is 2.99. The van der Waals surface area contributed by atoms with E-state index in [-0.39, 0.29) is 29.7 Å². The lowest BCUT2D eigenvalue weighted by molar-refractivity contribution is -0.137. The zero-order valence-electron chi connectivity index (χ0n) is 15.9. The summed E-state index contributed by atoms with van der Waals surface area (Å²) >= 11 is 0. The molecule has 2 N–H and O–H groups in total. The van der Waals surface area contributed by atoms with Crippen molar-refractivity contribution in [3.8, 4) is 11.5 Å². The molecule has 2 amide bonds. The minimum Gasteiger partial charge on any atom is -0.491 e. The average Bonchev–Trinajstić information content (AvgIpc) is 2.65. The summed E-state index contributed by atoms with van der Waals surface area (Å²) in [5, 5.41) is 4.95. The lowest BCUT2D eigenvalue weighted by Crippen LogP contribution is -2.21. The quantitative estimate of drug-likeness (QED) is 0.673. The molecule has 29 heavy (non-hydrogen) atoms. The Kier molecular flexibility index (Phi) is 7.46. The first-order valence-corrected chi connectivity index (χ1v) is 8.84. The van der Waals surface area contributed by atoms with E-state index in [1.165, 1.54) is 13.0 Å². The Labute approximate surface area is 166 Å². The molecule has 0 saturated heterocycles. The molecule has 6 nitrogen and oxygen atoms in total. The molecule has 156 valence electrons. The van der Waals surface area contributed by atoms with Crippen LogP contribution in [0.5, 0.6) is 11.5 Å². The number of benzene rings is 2. The van der Waals surface area contributed by atoms with Gasteiger partial charge < -0.3 is 20.1 Å². The maximum atomic E-state index is 13.0. The number of rotatable bonds is 8. The lowest BCUT2D eigenvalue weighted by Gasteiger charge is -2.16. The molecular weight excluding hydrogens is 389 g/mol. The largest absolute Gasteiger partial charge is 0.491 e. The van der Waals surface area contributed by atoms with Gasteiger partial charge in [0.25, 0.3) is 5.91 Å². The van der Waals surface area contributed by atoms with Crippen LogP contribution in [0.15, 0.2) is 42.5 Å². The van der Waals surface area contributed by atoms with E-state index in [0.29, 0.717) is 12.1 Å². The van der Waals surface area contributed by atoms with E-state index in [2.05, 4.69) is 10.6 Å². The number of para-hydroxylation sites is 2. The van der Waals surface area contributed by atoms with Crippen LogP contribution in [-0.4, -0.2) is 25.0 Å². The fourth-order valence-corrected chi connectivity index (χ4v) is 2.36. The van der Waals surface area contributed by atoms with Crippen molar-refractivity contribution in [3.63, 3.8) is 0 Å². The highest BCUT2D eigenvalue weighted by Gasteiger charge is 2.31. The van der Waals surface area contributed by atoms with Crippen LogP contribution in [0.3, 0.4) is 0 Å². The Hall–Kier alpha value is -3.23. The molecule has 0 radical (unpaired) electrons. The first-order chi connectivity index (χ1) is 13.7. The molecule has 0 aromatic heterocycles. The van der Waals surface area contributed by atoms with Crippen molar-refractivity contribution in [1.82, 2.24) is 0 Å². The number of hydrogen-bond acceptors (Lipinski definition) is 4. The Balaban J connectivity index is 2.12. The number of halogens is 3. The van der Waals surface area contributed by atoms with Gasteiger partial charge in [-0.05, 0) is 36.8 Å². The minimum atomic E-state index is -4.56. The molecule has 0 heterocycles. The molecule has 9 heteroatoms. The Morgan fingerprint density at radius 3 is 2.31 bits per heavy atom. The second-order valence-electron chi connectivity index (χ2n) is 6.07. The number of carbonyl (C=O) groups excluding carboxylic acids is 2. The van der Waals surface area contributed by atoms with E-state index < -0.39 is 24.3 Å². The second kappa shape index (κ2) is 9.81. The van der Waals surface area contributed by atoms with Crippen molar-refractivity contribution < 1.29 is 32.2 Å². The zero-order chi connectivity index (χ0) is 21.4. The average molecular weight is 410 g/mol. The van der Waals surface area contributed by atoms with Gasteiger partial charge in [-0.15, -0.1) is 0 Å². The third-order valence-electron chi connectivity index (χ3n) is 3.60. The first kappa shape index (κ1) is 22.1. The predicted molar refractivity (Wildman–Crippen MR) is 102 cm³/mol. The number of carbonyl (C=O) groups is 2. The van der Waals surface area contributed by atoms with Crippen LogP contribution >= 0.6 is 0 Å². The normalized spacial score (nSPS) is 10.9. The fraction of sp³-hybridized carbons (Fsp3) is 0.300. The summed E-state index contributed by atoms with van der Waals surface area (Å²) in [5.41, 5.74) is -0.635. The molecule has 0 aliphatic heterocycles. The molecule has 2 aromatic carbocycles. The van der Waals surface area contributed by atoms with Crippen molar-refractivity contribution in [3.05, 3.63) is 48.0 Å². The highest BCUT2D eigenvalue weighted by molar-refractivity contribution is 5.94. The summed E-state index contributed by atoms with van der Waals surface area (Å²) < 4.78 is 49.8. The van der Waals surface area contributed by atoms with E-state index in [0.717, 1.165) is 12.1 Å². The van der Waals surface area contributed by atoms with E-state index in [9.17, 15) is 22.8 Å². The number of nitrogens with one attached hydrogen (secondary N) is 2. The van der Waals surface area contributed by atoms with Gasteiger partial charge in [-0.2, -0.15) is 13.2 Å². The fourth-order valence-electron chi connectivity index (χ4n) is 2.36. The molecular formula is C20H21F3N2O4. The minimum absolute atomic E-state index is 0.1000. The first-order valence-electron chi connectivity index (χ1n) is 8.84. The maximum absolute atomic E-state index is 13.0. The molecule has 0 aliphatic rings. The van der Waals surface area contributed by atoms with Crippen molar-refractivity contribution in [2.45, 2.75) is 26.4 Å². The van der Waals surface area contributed by atoms with Crippen molar-refractivity contribution in [2.75, 3.05) is 23.8 Å². The van der Waals surface area contributed by atoms with E-state index >= 15 is 0 Å².